The monoisotopic (exact) mass is 644 g/mol. The molecule has 0 spiro atoms. The van der Waals surface area contributed by atoms with Gasteiger partial charge in [-0.1, -0.05) is 56.6 Å². The van der Waals surface area contributed by atoms with Crippen molar-refractivity contribution in [1.29, 1.82) is 0 Å². The number of carbonyl (C=O) groups excluding carboxylic acids is 4. The lowest BCUT2D eigenvalue weighted by molar-refractivity contribution is -0.133. The Morgan fingerprint density at radius 1 is 0.553 bits per heavy atom. The fourth-order valence-electron chi connectivity index (χ4n) is 3.79. The third-order valence-electron chi connectivity index (χ3n) is 6.22. The number of halogens is 1. The maximum Gasteiger partial charge on any atom is 0.341 e. The van der Waals surface area contributed by atoms with Gasteiger partial charge in [0.05, 0.1) is 24.4 Å². The van der Waals surface area contributed by atoms with Gasteiger partial charge in [-0.15, -0.1) is 0 Å². The molecule has 47 heavy (non-hydrogen) atoms. The molecular formula is C36H33FO10. The highest BCUT2D eigenvalue weighted by molar-refractivity contribution is 5.93. The van der Waals surface area contributed by atoms with E-state index in [4.69, 9.17) is 28.4 Å². The first-order chi connectivity index (χ1) is 22.2. The summed E-state index contributed by atoms with van der Waals surface area (Å²) < 4.78 is 46.4. The number of hydrogen-bond donors (Lipinski definition) is 0. The van der Waals surface area contributed by atoms with Crippen LogP contribution in [0.15, 0.2) is 103 Å². The van der Waals surface area contributed by atoms with Crippen LogP contribution in [-0.2, 0) is 28.7 Å². The normalized spacial score (nSPS) is 10.4. The van der Waals surface area contributed by atoms with E-state index >= 15 is 4.39 Å². The third kappa shape index (κ3) is 9.42. The zero-order chi connectivity index (χ0) is 34.8. The fourth-order valence-corrected chi connectivity index (χ4v) is 3.79. The predicted octanol–water partition coefficient (Wildman–Crippen LogP) is 6.34. The quantitative estimate of drug-likeness (QED) is 0.112. The molecule has 3 rings (SSSR count). The molecule has 0 bridgehead atoms. The van der Waals surface area contributed by atoms with Crippen molar-refractivity contribution in [3.8, 4) is 45.3 Å². The molecule has 0 atom stereocenters. The molecule has 0 aliphatic rings. The van der Waals surface area contributed by atoms with E-state index in [1.165, 1.54) is 46.3 Å². The molecule has 244 valence electrons. The van der Waals surface area contributed by atoms with Gasteiger partial charge in [-0.2, -0.15) is 0 Å². The number of rotatable bonds is 14. The van der Waals surface area contributed by atoms with Crippen molar-refractivity contribution in [3.05, 3.63) is 109 Å². The first-order valence-electron chi connectivity index (χ1n) is 13.9. The van der Waals surface area contributed by atoms with Crippen LogP contribution in [-0.4, -0.2) is 51.3 Å². The molecule has 0 unspecified atom stereocenters. The number of esters is 4. The van der Waals surface area contributed by atoms with Crippen LogP contribution in [0.2, 0.25) is 0 Å². The zero-order valence-corrected chi connectivity index (χ0v) is 26.4. The average molecular weight is 645 g/mol. The molecule has 0 heterocycles. The van der Waals surface area contributed by atoms with Crippen LogP contribution in [0.1, 0.15) is 13.8 Å². The van der Waals surface area contributed by atoms with Gasteiger partial charge in [0.2, 0.25) is 5.75 Å². The average Bonchev–Trinajstić information content (AvgIpc) is 3.03. The summed E-state index contributed by atoms with van der Waals surface area (Å²) in [6, 6.07) is 13.8. The Hall–Kier alpha value is -5.65. The van der Waals surface area contributed by atoms with Gasteiger partial charge >= 0.3 is 23.9 Å². The molecule has 11 heteroatoms. The molecular weight excluding hydrogens is 611 g/mol. The highest BCUT2D eigenvalue weighted by Gasteiger charge is 2.23. The number of carbonyl (C=O) groups is 4. The summed E-state index contributed by atoms with van der Waals surface area (Å²) in [7, 11) is 2.76. The summed E-state index contributed by atoms with van der Waals surface area (Å²) in [5.41, 5.74) is 2.18. The third-order valence-corrected chi connectivity index (χ3v) is 6.22. The van der Waals surface area contributed by atoms with E-state index < -0.39 is 35.4 Å². The summed E-state index contributed by atoms with van der Waals surface area (Å²) in [5, 5.41) is 0. The number of hydrogen-bond acceptors (Lipinski definition) is 10. The number of methoxy groups -OCH3 is 2. The lowest BCUT2D eigenvalue weighted by Gasteiger charge is -2.15. The summed E-state index contributed by atoms with van der Waals surface area (Å²) in [6.45, 7) is 16.9. The highest BCUT2D eigenvalue weighted by Crippen LogP contribution is 2.38. The Morgan fingerprint density at radius 3 is 1.49 bits per heavy atom. The molecule has 0 radical (unpaired) electrons. The molecule has 10 nitrogen and oxygen atoms in total. The standard InChI is InChI=1S/C36H33FO10/c1-20(2)33(38)45-30-16-26(13-14-29(30)44-35(40)22(5)18-42-7)24-9-11-25(12-10-24)27-15-28(37)32(47-36(41)23(6)19-43-8)31(17-27)46-34(39)21(3)4/h9-17H,1,3,5-6,18-19H2,2,4,7-8H3. The Labute approximate surface area is 271 Å². The second-order valence-electron chi connectivity index (χ2n) is 10.2. The second-order valence-corrected chi connectivity index (χ2v) is 10.2. The van der Waals surface area contributed by atoms with Crippen molar-refractivity contribution in [2.45, 2.75) is 13.8 Å². The Bertz CT molecular complexity index is 1770. The van der Waals surface area contributed by atoms with E-state index in [-0.39, 0.29) is 52.8 Å². The van der Waals surface area contributed by atoms with Crippen molar-refractivity contribution in [1.82, 2.24) is 0 Å². The van der Waals surface area contributed by atoms with Crippen LogP contribution >= 0.6 is 0 Å². The first-order valence-corrected chi connectivity index (χ1v) is 13.9. The molecule has 0 saturated heterocycles. The van der Waals surface area contributed by atoms with E-state index in [1.807, 2.05) is 0 Å². The summed E-state index contributed by atoms with van der Waals surface area (Å²) in [4.78, 5) is 49.5. The number of ether oxygens (including phenoxy) is 6. The van der Waals surface area contributed by atoms with Crippen LogP contribution < -0.4 is 18.9 Å². The van der Waals surface area contributed by atoms with E-state index in [0.29, 0.717) is 22.3 Å². The molecule has 0 saturated carbocycles. The van der Waals surface area contributed by atoms with Gasteiger partial charge in [-0.05, 0) is 60.4 Å². The topological polar surface area (TPSA) is 124 Å². The molecule has 0 amide bonds. The first kappa shape index (κ1) is 35.8. The Kier molecular flexibility index (Phi) is 12.3. The molecule has 0 N–H and O–H groups in total. The minimum Gasteiger partial charge on any atom is -0.419 e. The summed E-state index contributed by atoms with van der Waals surface area (Å²) >= 11 is 0. The SMILES string of the molecule is C=C(C)C(=O)Oc1cc(-c2ccc(-c3cc(F)c(OC(=O)C(=C)COC)c(OC(=O)C(=C)C)c3)cc2)ccc1OC(=O)C(=C)COC. The van der Waals surface area contributed by atoms with Crippen LogP contribution in [0.5, 0.6) is 23.0 Å². The smallest absolute Gasteiger partial charge is 0.341 e. The summed E-state index contributed by atoms with van der Waals surface area (Å²) in [5.74, 6) is -5.32. The van der Waals surface area contributed by atoms with Gasteiger partial charge in [-0.25, -0.2) is 23.6 Å². The van der Waals surface area contributed by atoms with Gasteiger partial charge in [0.15, 0.2) is 23.1 Å². The van der Waals surface area contributed by atoms with E-state index in [9.17, 15) is 19.2 Å². The van der Waals surface area contributed by atoms with Gasteiger partial charge in [0.1, 0.15) is 0 Å². The molecule has 0 aliphatic carbocycles. The van der Waals surface area contributed by atoms with Crippen molar-refractivity contribution in [3.63, 3.8) is 0 Å². The van der Waals surface area contributed by atoms with E-state index in [1.54, 1.807) is 30.3 Å². The van der Waals surface area contributed by atoms with Crippen molar-refractivity contribution < 1.29 is 52.0 Å². The van der Waals surface area contributed by atoms with Gasteiger partial charge in [0.25, 0.3) is 0 Å². The zero-order valence-electron chi connectivity index (χ0n) is 26.4. The fraction of sp³-hybridized carbons (Fsp3) is 0.167. The largest absolute Gasteiger partial charge is 0.419 e. The minimum atomic E-state index is -0.975. The van der Waals surface area contributed by atoms with Gasteiger partial charge in [0, 0.05) is 25.4 Å². The van der Waals surface area contributed by atoms with Crippen LogP contribution in [0, 0.1) is 5.82 Å². The number of benzene rings is 3. The van der Waals surface area contributed by atoms with Crippen molar-refractivity contribution in [2.24, 2.45) is 0 Å². The second kappa shape index (κ2) is 16.1. The minimum absolute atomic E-state index is 0.0267. The molecule has 3 aromatic carbocycles. The van der Waals surface area contributed by atoms with Crippen molar-refractivity contribution in [2.75, 3.05) is 27.4 Å². The van der Waals surface area contributed by atoms with E-state index in [2.05, 4.69) is 26.3 Å². The lowest BCUT2D eigenvalue weighted by atomic mass is 9.99. The molecule has 3 aromatic rings. The van der Waals surface area contributed by atoms with Crippen molar-refractivity contribution >= 4 is 23.9 Å². The van der Waals surface area contributed by atoms with Crippen LogP contribution in [0.3, 0.4) is 0 Å². The molecule has 0 aliphatic heterocycles. The molecule has 0 aromatic heterocycles. The van der Waals surface area contributed by atoms with E-state index in [0.717, 1.165) is 6.07 Å². The van der Waals surface area contributed by atoms with Crippen LogP contribution in [0.25, 0.3) is 22.3 Å². The predicted molar refractivity (Wildman–Crippen MR) is 171 cm³/mol. The van der Waals surface area contributed by atoms with Crippen LogP contribution in [0.4, 0.5) is 4.39 Å². The Morgan fingerprint density at radius 2 is 0.979 bits per heavy atom. The van der Waals surface area contributed by atoms with Gasteiger partial charge in [-0.3, -0.25) is 0 Å². The maximum absolute atomic E-state index is 15.4. The lowest BCUT2D eigenvalue weighted by Crippen LogP contribution is -2.16. The van der Waals surface area contributed by atoms with Gasteiger partial charge < -0.3 is 28.4 Å². The summed E-state index contributed by atoms with van der Waals surface area (Å²) in [6.07, 6.45) is 0. The highest BCUT2D eigenvalue weighted by atomic mass is 19.1. The molecule has 0 fully saturated rings. The maximum atomic E-state index is 15.4. The Balaban J connectivity index is 1.99.